The summed E-state index contributed by atoms with van der Waals surface area (Å²) < 4.78 is 0. The lowest BCUT2D eigenvalue weighted by molar-refractivity contribution is 0.392. The summed E-state index contributed by atoms with van der Waals surface area (Å²) in [6.45, 7) is 0. The number of hydrogen-bond acceptors (Lipinski definition) is 3. The van der Waals surface area contributed by atoms with Crippen molar-refractivity contribution in [1.82, 2.24) is 0 Å². The van der Waals surface area contributed by atoms with Crippen LogP contribution in [0.5, 0.6) is 0 Å². The molecule has 62 valence electrons. The number of hydrogen-bond donors (Lipinski definition) is 3. The minimum atomic E-state index is 0.388. The van der Waals surface area contributed by atoms with Crippen LogP contribution < -0.4 is 11.5 Å². The third kappa shape index (κ3) is 3.82. The van der Waals surface area contributed by atoms with Crippen molar-refractivity contribution in [2.45, 2.75) is 37.8 Å². The van der Waals surface area contributed by atoms with Gasteiger partial charge in [-0.3, -0.25) is 0 Å². The molecule has 0 saturated heterocycles. The molecule has 0 radical (unpaired) electrons. The van der Waals surface area contributed by atoms with E-state index < -0.39 is 0 Å². The Kier molecular flexibility index (Phi) is 5.58. The van der Waals surface area contributed by atoms with Crippen molar-refractivity contribution in [2.75, 3.05) is 7.11 Å². The van der Waals surface area contributed by atoms with Crippen molar-refractivity contribution in [3.63, 3.8) is 0 Å². The van der Waals surface area contributed by atoms with E-state index in [0.717, 1.165) is 13.5 Å². The Morgan fingerprint density at radius 3 is 1.70 bits per heavy atom. The standard InChI is InChI=1S/C6H14N2.CH4O/c7-5-2-1-3-6(8)4-5;1-2/h5-6H,1-4,7-8H2;2H,1H3. The average Bonchev–Trinajstić information content (AvgIpc) is 1.91. The highest BCUT2D eigenvalue weighted by molar-refractivity contribution is 4.76. The Balaban J connectivity index is 0.000000371. The number of aliphatic hydroxyl groups is 1. The fourth-order valence-electron chi connectivity index (χ4n) is 1.27. The van der Waals surface area contributed by atoms with E-state index in [1.165, 1.54) is 19.3 Å². The van der Waals surface area contributed by atoms with Gasteiger partial charge < -0.3 is 16.6 Å². The van der Waals surface area contributed by atoms with Crippen LogP contribution in [-0.2, 0) is 0 Å². The Bertz CT molecular complexity index is 70.0. The van der Waals surface area contributed by atoms with E-state index in [1.54, 1.807) is 0 Å². The van der Waals surface area contributed by atoms with Crippen molar-refractivity contribution in [3.05, 3.63) is 0 Å². The van der Waals surface area contributed by atoms with E-state index in [2.05, 4.69) is 0 Å². The minimum Gasteiger partial charge on any atom is -0.400 e. The highest BCUT2D eigenvalue weighted by Crippen LogP contribution is 2.14. The van der Waals surface area contributed by atoms with Crippen molar-refractivity contribution in [3.8, 4) is 0 Å². The van der Waals surface area contributed by atoms with Crippen LogP contribution in [0.4, 0.5) is 0 Å². The van der Waals surface area contributed by atoms with E-state index >= 15 is 0 Å². The molecule has 0 aromatic heterocycles. The summed E-state index contributed by atoms with van der Waals surface area (Å²) in [4.78, 5) is 0. The Hall–Kier alpha value is -0.120. The summed E-state index contributed by atoms with van der Waals surface area (Å²) in [5.41, 5.74) is 11.3. The van der Waals surface area contributed by atoms with Gasteiger partial charge in [0.05, 0.1) is 0 Å². The molecule has 2 unspecified atom stereocenters. The second kappa shape index (κ2) is 5.65. The van der Waals surface area contributed by atoms with Crippen molar-refractivity contribution >= 4 is 0 Å². The summed E-state index contributed by atoms with van der Waals surface area (Å²) in [6, 6.07) is 0.775. The molecule has 0 spiro atoms. The molecule has 5 N–H and O–H groups in total. The molecule has 1 saturated carbocycles. The second-order valence-electron chi connectivity index (χ2n) is 2.69. The molecule has 3 nitrogen and oxygen atoms in total. The highest BCUT2D eigenvalue weighted by Gasteiger charge is 2.14. The van der Waals surface area contributed by atoms with Gasteiger partial charge in [-0.15, -0.1) is 0 Å². The molecule has 1 rings (SSSR count). The number of rotatable bonds is 0. The highest BCUT2D eigenvalue weighted by atomic mass is 16.2. The van der Waals surface area contributed by atoms with Crippen molar-refractivity contribution < 1.29 is 5.11 Å². The summed E-state index contributed by atoms with van der Waals surface area (Å²) >= 11 is 0. The smallest absolute Gasteiger partial charge is 0.0319 e. The van der Waals surface area contributed by atoms with Gasteiger partial charge in [-0.25, -0.2) is 0 Å². The first-order valence-corrected chi connectivity index (χ1v) is 3.75. The van der Waals surface area contributed by atoms with E-state index in [1.807, 2.05) is 0 Å². The maximum absolute atomic E-state index is 7.00. The van der Waals surface area contributed by atoms with Crippen LogP contribution in [0, 0.1) is 0 Å². The van der Waals surface area contributed by atoms with Gasteiger partial charge in [0, 0.05) is 19.2 Å². The Morgan fingerprint density at radius 1 is 1.10 bits per heavy atom. The van der Waals surface area contributed by atoms with Crippen LogP contribution in [-0.4, -0.2) is 24.3 Å². The van der Waals surface area contributed by atoms with Gasteiger partial charge in [-0.1, -0.05) is 6.42 Å². The average molecular weight is 146 g/mol. The van der Waals surface area contributed by atoms with Crippen LogP contribution in [0.3, 0.4) is 0 Å². The van der Waals surface area contributed by atoms with E-state index in [9.17, 15) is 0 Å². The lowest BCUT2D eigenvalue weighted by Crippen LogP contribution is -2.35. The fraction of sp³-hybridized carbons (Fsp3) is 1.00. The normalized spacial score (nSPS) is 32.4. The zero-order chi connectivity index (χ0) is 7.98. The largest absolute Gasteiger partial charge is 0.400 e. The monoisotopic (exact) mass is 146 g/mol. The quantitative estimate of drug-likeness (QED) is 0.444. The molecule has 2 atom stereocenters. The van der Waals surface area contributed by atoms with Crippen LogP contribution in [0.25, 0.3) is 0 Å². The van der Waals surface area contributed by atoms with Crippen molar-refractivity contribution in [1.29, 1.82) is 0 Å². The van der Waals surface area contributed by atoms with Crippen LogP contribution in [0.1, 0.15) is 25.7 Å². The van der Waals surface area contributed by atoms with Crippen LogP contribution in [0.2, 0.25) is 0 Å². The molecule has 0 aromatic carbocycles. The molecule has 0 aromatic rings. The first-order valence-electron chi connectivity index (χ1n) is 3.75. The third-order valence-corrected chi connectivity index (χ3v) is 1.76. The topological polar surface area (TPSA) is 72.3 Å². The maximum Gasteiger partial charge on any atom is 0.0319 e. The molecule has 0 bridgehead atoms. The number of nitrogens with two attached hydrogens (primary N) is 2. The van der Waals surface area contributed by atoms with Gasteiger partial charge in [0.15, 0.2) is 0 Å². The first-order chi connectivity index (χ1) is 4.79. The summed E-state index contributed by atoms with van der Waals surface area (Å²) in [5, 5.41) is 7.00. The summed E-state index contributed by atoms with van der Waals surface area (Å²) in [5.74, 6) is 0. The lowest BCUT2D eigenvalue weighted by Gasteiger charge is -2.22. The van der Waals surface area contributed by atoms with Gasteiger partial charge in [-0.2, -0.15) is 0 Å². The lowest BCUT2D eigenvalue weighted by atomic mass is 9.92. The summed E-state index contributed by atoms with van der Waals surface area (Å²) in [7, 11) is 1.00. The van der Waals surface area contributed by atoms with E-state index in [0.29, 0.717) is 12.1 Å². The van der Waals surface area contributed by atoms with Gasteiger partial charge in [0.25, 0.3) is 0 Å². The molecule has 1 aliphatic carbocycles. The summed E-state index contributed by atoms with van der Waals surface area (Å²) in [6.07, 6.45) is 4.60. The van der Waals surface area contributed by atoms with Gasteiger partial charge in [0.1, 0.15) is 0 Å². The second-order valence-corrected chi connectivity index (χ2v) is 2.69. The predicted octanol–water partition coefficient (Wildman–Crippen LogP) is -0.176. The molecule has 0 amide bonds. The molecule has 0 aliphatic heterocycles. The van der Waals surface area contributed by atoms with Crippen molar-refractivity contribution in [2.24, 2.45) is 11.5 Å². The Labute approximate surface area is 62.4 Å². The fourth-order valence-corrected chi connectivity index (χ4v) is 1.27. The van der Waals surface area contributed by atoms with E-state index in [-0.39, 0.29) is 0 Å². The van der Waals surface area contributed by atoms with Gasteiger partial charge in [0.2, 0.25) is 0 Å². The molecular weight excluding hydrogens is 128 g/mol. The van der Waals surface area contributed by atoms with Crippen LogP contribution in [0.15, 0.2) is 0 Å². The van der Waals surface area contributed by atoms with Gasteiger partial charge >= 0.3 is 0 Å². The molecule has 3 heteroatoms. The van der Waals surface area contributed by atoms with Crippen LogP contribution >= 0.6 is 0 Å². The minimum absolute atomic E-state index is 0.388. The molecule has 1 fully saturated rings. The first kappa shape index (κ1) is 9.88. The SMILES string of the molecule is CO.NC1CCCC(N)C1. The van der Waals surface area contributed by atoms with Gasteiger partial charge in [-0.05, 0) is 19.3 Å². The third-order valence-electron chi connectivity index (χ3n) is 1.76. The predicted molar refractivity (Wildman–Crippen MR) is 42.6 cm³/mol. The molecule has 1 aliphatic rings. The zero-order valence-corrected chi connectivity index (χ0v) is 6.59. The molecule has 0 heterocycles. The Morgan fingerprint density at radius 2 is 1.50 bits per heavy atom. The number of aliphatic hydroxyl groups excluding tert-OH is 1. The molecule has 10 heavy (non-hydrogen) atoms. The molecular formula is C7H18N2O. The van der Waals surface area contributed by atoms with E-state index in [4.69, 9.17) is 16.6 Å². The zero-order valence-electron chi connectivity index (χ0n) is 6.59. The maximum atomic E-state index is 7.00.